The number of thioether (sulfide) groups is 1. The summed E-state index contributed by atoms with van der Waals surface area (Å²) in [6.07, 6.45) is 1.33. The summed E-state index contributed by atoms with van der Waals surface area (Å²) in [6.45, 7) is 21.0. The first-order chi connectivity index (χ1) is 16.8. The normalized spacial score (nSPS) is 16.3. The van der Waals surface area contributed by atoms with Crippen LogP contribution in [-0.2, 0) is 9.53 Å². The fraction of sp³-hybridized carbons (Fsp3) is 0.531. The van der Waals surface area contributed by atoms with Crippen LogP contribution in [0.3, 0.4) is 0 Å². The monoisotopic (exact) mass is 540 g/mol. The van der Waals surface area contributed by atoms with Crippen molar-refractivity contribution in [3.63, 3.8) is 0 Å². The van der Waals surface area contributed by atoms with E-state index in [9.17, 15) is 4.79 Å². The number of hydrogen-bond acceptors (Lipinski definition) is 5. The van der Waals surface area contributed by atoms with Crippen LogP contribution in [0.1, 0.15) is 82.1 Å². The average Bonchev–Trinajstić information content (AvgIpc) is 3.14. The summed E-state index contributed by atoms with van der Waals surface area (Å²) in [5, 5.41) is 1.07. The number of thiol groups is 1. The molecule has 0 aliphatic rings. The predicted molar refractivity (Wildman–Crippen MR) is 161 cm³/mol. The Hall–Kier alpha value is -1.85. The second-order valence-electron chi connectivity index (χ2n) is 13.6. The second kappa shape index (κ2) is 10.4. The first-order valence-electron chi connectivity index (χ1n) is 13.0. The average molecular weight is 541 g/mol. The number of fused-ring (bicyclic) bond motifs is 1. The highest BCUT2D eigenvalue weighted by atomic mass is 32.2. The summed E-state index contributed by atoms with van der Waals surface area (Å²) in [6, 6.07) is 18.5. The quantitative estimate of drug-likeness (QED) is 0.133. The van der Waals surface area contributed by atoms with E-state index in [2.05, 4.69) is 72.7 Å². The van der Waals surface area contributed by atoms with Gasteiger partial charge in [0.05, 0.1) is 9.49 Å². The van der Waals surface area contributed by atoms with Crippen LogP contribution in [0.15, 0.2) is 63.9 Å². The van der Waals surface area contributed by atoms with Crippen LogP contribution in [-0.4, -0.2) is 15.6 Å². The Labute approximate surface area is 233 Å². The Morgan fingerprint density at radius 2 is 1.49 bits per heavy atom. The lowest BCUT2D eigenvalue weighted by Crippen LogP contribution is -2.47. The van der Waals surface area contributed by atoms with Crippen molar-refractivity contribution >= 4 is 41.3 Å². The zero-order valence-corrected chi connectivity index (χ0v) is 25.9. The molecule has 5 heteroatoms. The molecular formula is C32H44O3S2. The number of benzene rings is 2. The summed E-state index contributed by atoms with van der Waals surface area (Å²) >= 11 is 6.67. The molecule has 0 spiro atoms. The Morgan fingerprint density at radius 3 is 2.05 bits per heavy atom. The summed E-state index contributed by atoms with van der Waals surface area (Å²) in [5.74, 6) is 0.719. The summed E-state index contributed by atoms with van der Waals surface area (Å²) in [5.41, 5.74) is 0.392. The molecule has 3 aromatic rings. The van der Waals surface area contributed by atoms with Gasteiger partial charge in [0.15, 0.2) is 0 Å². The van der Waals surface area contributed by atoms with Crippen molar-refractivity contribution in [1.82, 2.24) is 0 Å². The van der Waals surface area contributed by atoms with Gasteiger partial charge in [-0.15, -0.1) is 11.8 Å². The highest BCUT2D eigenvalue weighted by Crippen LogP contribution is 2.49. The van der Waals surface area contributed by atoms with E-state index in [4.69, 9.17) is 21.8 Å². The molecule has 0 N–H and O–H groups in total. The molecule has 0 saturated heterocycles. The number of furan rings is 1. The minimum atomic E-state index is -0.680. The largest absolute Gasteiger partial charge is 0.459 e. The van der Waals surface area contributed by atoms with Crippen LogP contribution < -0.4 is 0 Å². The Balaban J connectivity index is 1.75. The number of esters is 1. The predicted octanol–water partition coefficient (Wildman–Crippen LogP) is 10.0. The van der Waals surface area contributed by atoms with Crippen molar-refractivity contribution in [1.29, 1.82) is 0 Å². The Bertz CT molecular complexity index is 1230. The first-order valence-corrected chi connectivity index (χ1v) is 14.3. The van der Waals surface area contributed by atoms with Crippen molar-refractivity contribution in [3.8, 4) is 11.3 Å². The number of rotatable bonds is 8. The molecule has 0 aliphatic heterocycles. The smallest absolute Gasteiger partial charge is 0.312 e. The van der Waals surface area contributed by atoms with Gasteiger partial charge >= 0.3 is 5.97 Å². The maximum Gasteiger partial charge on any atom is 0.312 e. The zero-order chi connectivity index (χ0) is 27.9. The van der Waals surface area contributed by atoms with E-state index >= 15 is 0 Å². The van der Waals surface area contributed by atoms with Gasteiger partial charge in [0.2, 0.25) is 0 Å². The van der Waals surface area contributed by atoms with Gasteiger partial charge in [-0.2, -0.15) is 12.6 Å². The van der Waals surface area contributed by atoms with Crippen molar-refractivity contribution in [2.24, 2.45) is 16.2 Å². The molecule has 0 amide bonds. The molecule has 0 fully saturated rings. The Morgan fingerprint density at radius 1 is 0.865 bits per heavy atom. The first kappa shape index (κ1) is 29.7. The van der Waals surface area contributed by atoms with Gasteiger partial charge in [-0.05, 0) is 69.2 Å². The van der Waals surface area contributed by atoms with Gasteiger partial charge < -0.3 is 9.15 Å². The van der Waals surface area contributed by atoms with Crippen LogP contribution in [0.2, 0.25) is 0 Å². The third kappa shape index (κ3) is 7.60. The maximum atomic E-state index is 13.6. The van der Waals surface area contributed by atoms with Gasteiger partial charge in [-0.3, -0.25) is 4.79 Å². The van der Waals surface area contributed by atoms with Crippen LogP contribution in [0, 0.1) is 16.2 Å². The van der Waals surface area contributed by atoms with E-state index in [-0.39, 0.29) is 16.8 Å². The van der Waals surface area contributed by atoms with Gasteiger partial charge in [0.1, 0.15) is 16.9 Å². The number of ether oxygens (including phenoxy) is 1. The third-order valence-electron chi connectivity index (χ3n) is 7.00. The minimum absolute atomic E-state index is 0.00395. The van der Waals surface area contributed by atoms with Gasteiger partial charge in [-0.1, -0.05) is 71.9 Å². The van der Waals surface area contributed by atoms with Crippen molar-refractivity contribution in [2.45, 2.75) is 96.7 Å². The van der Waals surface area contributed by atoms with Gasteiger partial charge in [-0.25, -0.2) is 0 Å². The van der Waals surface area contributed by atoms with Crippen molar-refractivity contribution in [2.75, 3.05) is 0 Å². The van der Waals surface area contributed by atoms with Crippen LogP contribution in [0.5, 0.6) is 0 Å². The molecule has 0 bridgehead atoms. The molecule has 2 unspecified atom stereocenters. The van der Waals surface area contributed by atoms with E-state index in [1.165, 1.54) is 0 Å². The lowest BCUT2D eigenvalue weighted by molar-refractivity contribution is -0.178. The molecule has 0 radical (unpaired) electrons. The van der Waals surface area contributed by atoms with Gasteiger partial charge in [0.25, 0.3) is 0 Å². The van der Waals surface area contributed by atoms with E-state index in [1.54, 1.807) is 11.8 Å². The lowest BCUT2D eigenvalue weighted by Gasteiger charge is -2.45. The summed E-state index contributed by atoms with van der Waals surface area (Å²) < 4.78 is 12.0. The molecule has 2 aromatic carbocycles. The van der Waals surface area contributed by atoms with Crippen LogP contribution in [0.4, 0.5) is 0 Å². The maximum absolute atomic E-state index is 13.6. The van der Waals surface area contributed by atoms with E-state index < -0.39 is 15.1 Å². The molecular weight excluding hydrogens is 496 g/mol. The highest BCUT2D eigenvalue weighted by molar-refractivity contribution is 8.11. The van der Waals surface area contributed by atoms with Crippen LogP contribution in [0.25, 0.3) is 22.3 Å². The SMILES string of the molecule is CC(C)(C)CC(C)(C(=O)OC(C)(C)CC(C)(S)Sc1ccc2cc(-c3ccccc3)oc2c1)C(C)(C)C. The second-order valence-corrected chi connectivity index (χ2v) is 16.5. The van der Waals surface area contributed by atoms with E-state index in [0.717, 1.165) is 33.6 Å². The minimum Gasteiger partial charge on any atom is -0.459 e. The third-order valence-corrected chi connectivity index (χ3v) is 8.51. The Kier molecular flexibility index (Phi) is 8.33. The number of hydrogen-bond donors (Lipinski definition) is 1. The fourth-order valence-electron chi connectivity index (χ4n) is 5.00. The lowest BCUT2D eigenvalue weighted by atomic mass is 9.61. The van der Waals surface area contributed by atoms with E-state index in [1.807, 2.05) is 51.1 Å². The van der Waals surface area contributed by atoms with Crippen molar-refractivity contribution < 1.29 is 13.9 Å². The summed E-state index contributed by atoms with van der Waals surface area (Å²) in [4.78, 5) is 14.7. The van der Waals surface area contributed by atoms with E-state index in [0.29, 0.717) is 6.42 Å². The molecule has 0 aliphatic carbocycles. The number of carbonyl (C=O) groups excluding carboxylic acids is 1. The topological polar surface area (TPSA) is 39.4 Å². The standard InChI is InChI=1S/C32H44O3S2/c1-28(2,3)20-31(9,29(4,5)6)27(33)35-30(7,8)21-32(10,36)37-24-17-16-23-18-25(34-26(23)19-24)22-14-12-11-13-15-22/h11-19,36H,20-21H2,1-10H3. The molecule has 202 valence electrons. The molecule has 2 atom stereocenters. The number of carbonyl (C=O) groups is 1. The molecule has 1 aromatic heterocycles. The fourth-order valence-corrected chi connectivity index (χ4v) is 6.93. The molecule has 3 nitrogen and oxygen atoms in total. The molecule has 37 heavy (non-hydrogen) atoms. The highest BCUT2D eigenvalue weighted by Gasteiger charge is 2.49. The molecule has 0 saturated carbocycles. The zero-order valence-electron chi connectivity index (χ0n) is 24.2. The van der Waals surface area contributed by atoms with Crippen molar-refractivity contribution in [3.05, 3.63) is 54.6 Å². The molecule has 3 rings (SSSR count). The molecule has 1 heterocycles. The van der Waals surface area contributed by atoms with Crippen LogP contribution >= 0.6 is 24.4 Å². The van der Waals surface area contributed by atoms with Gasteiger partial charge in [0, 0.05) is 22.3 Å². The summed E-state index contributed by atoms with van der Waals surface area (Å²) in [7, 11) is 0.